The van der Waals surface area contributed by atoms with E-state index in [1.165, 1.54) is 12.5 Å². The van der Waals surface area contributed by atoms with Gasteiger partial charge in [-0.3, -0.25) is 4.79 Å². The van der Waals surface area contributed by atoms with E-state index in [0.29, 0.717) is 6.04 Å². The van der Waals surface area contributed by atoms with E-state index in [4.69, 9.17) is 0 Å². The molecular formula is C12H17N3O. The molecule has 0 saturated heterocycles. The number of hydrogen-bond acceptors (Lipinski definition) is 3. The molecule has 1 heterocycles. The summed E-state index contributed by atoms with van der Waals surface area (Å²) < 4.78 is 0. The smallest absolute Gasteiger partial charge is 0.221 e. The SMILES string of the molecule is CC(=O)Nc1ccc2c(c1)CCC(C)NN2. The van der Waals surface area contributed by atoms with Gasteiger partial charge in [0.05, 0.1) is 5.69 Å². The van der Waals surface area contributed by atoms with Crippen molar-refractivity contribution in [2.24, 2.45) is 0 Å². The van der Waals surface area contributed by atoms with Gasteiger partial charge in [-0.2, -0.15) is 0 Å². The maximum atomic E-state index is 11.0. The maximum Gasteiger partial charge on any atom is 0.221 e. The summed E-state index contributed by atoms with van der Waals surface area (Å²) in [4.78, 5) is 11.0. The Morgan fingerprint density at radius 2 is 2.31 bits per heavy atom. The molecule has 0 radical (unpaired) electrons. The molecule has 0 aromatic heterocycles. The number of aryl methyl sites for hydroxylation is 1. The predicted octanol–water partition coefficient (Wildman–Crippen LogP) is 1.90. The summed E-state index contributed by atoms with van der Waals surface area (Å²) in [5, 5.41) is 2.80. The lowest BCUT2D eigenvalue weighted by Gasteiger charge is -2.11. The monoisotopic (exact) mass is 219 g/mol. The molecule has 86 valence electrons. The molecule has 1 atom stereocenters. The first-order chi connectivity index (χ1) is 7.65. The van der Waals surface area contributed by atoms with Gasteiger partial charge >= 0.3 is 0 Å². The molecule has 0 aliphatic carbocycles. The van der Waals surface area contributed by atoms with E-state index in [2.05, 4.69) is 23.1 Å². The number of rotatable bonds is 1. The highest BCUT2D eigenvalue weighted by Crippen LogP contribution is 2.24. The number of hydrogen-bond donors (Lipinski definition) is 3. The maximum absolute atomic E-state index is 11.0. The highest BCUT2D eigenvalue weighted by atomic mass is 16.1. The van der Waals surface area contributed by atoms with Crippen LogP contribution in [0.1, 0.15) is 25.8 Å². The molecule has 1 aromatic carbocycles. The van der Waals surface area contributed by atoms with Gasteiger partial charge in [0, 0.05) is 18.7 Å². The molecule has 0 bridgehead atoms. The Kier molecular flexibility index (Phi) is 3.10. The average molecular weight is 219 g/mol. The summed E-state index contributed by atoms with van der Waals surface area (Å²) >= 11 is 0. The third kappa shape index (κ3) is 2.52. The number of amides is 1. The van der Waals surface area contributed by atoms with Crippen LogP contribution in [0, 0.1) is 0 Å². The van der Waals surface area contributed by atoms with Crippen LogP contribution in [-0.4, -0.2) is 11.9 Å². The molecule has 2 rings (SSSR count). The van der Waals surface area contributed by atoms with Gasteiger partial charge in [0.25, 0.3) is 0 Å². The summed E-state index contributed by atoms with van der Waals surface area (Å²) in [5.41, 5.74) is 9.61. The van der Waals surface area contributed by atoms with E-state index < -0.39 is 0 Å². The Morgan fingerprint density at radius 1 is 1.50 bits per heavy atom. The minimum atomic E-state index is -0.0342. The van der Waals surface area contributed by atoms with Crippen molar-refractivity contribution >= 4 is 17.3 Å². The zero-order valence-corrected chi connectivity index (χ0v) is 9.63. The highest BCUT2D eigenvalue weighted by Gasteiger charge is 2.11. The first kappa shape index (κ1) is 11.0. The Hall–Kier alpha value is -1.55. The van der Waals surface area contributed by atoms with Crippen molar-refractivity contribution in [3.8, 4) is 0 Å². The van der Waals surface area contributed by atoms with Crippen molar-refractivity contribution in [2.75, 3.05) is 10.7 Å². The fraction of sp³-hybridized carbons (Fsp3) is 0.417. The lowest BCUT2D eigenvalue weighted by Crippen LogP contribution is -2.29. The minimum absolute atomic E-state index is 0.0342. The fourth-order valence-corrected chi connectivity index (χ4v) is 1.85. The summed E-state index contributed by atoms with van der Waals surface area (Å²) in [6.07, 6.45) is 2.10. The van der Waals surface area contributed by atoms with Gasteiger partial charge in [0.2, 0.25) is 5.91 Å². The van der Waals surface area contributed by atoms with Crippen molar-refractivity contribution in [3.63, 3.8) is 0 Å². The number of carbonyl (C=O) groups is 1. The van der Waals surface area contributed by atoms with Gasteiger partial charge in [0.15, 0.2) is 0 Å². The van der Waals surface area contributed by atoms with Crippen molar-refractivity contribution in [3.05, 3.63) is 23.8 Å². The Labute approximate surface area is 95.4 Å². The molecule has 0 fully saturated rings. The molecule has 16 heavy (non-hydrogen) atoms. The topological polar surface area (TPSA) is 53.2 Å². The molecule has 3 N–H and O–H groups in total. The van der Waals surface area contributed by atoms with Gasteiger partial charge in [-0.25, -0.2) is 5.43 Å². The number of benzene rings is 1. The van der Waals surface area contributed by atoms with Crippen LogP contribution >= 0.6 is 0 Å². The third-order valence-corrected chi connectivity index (χ3v) is 2.73. The lowest BCUT2D eigenvalue weighted by atomic mass is 10.0. The normalized spacial score (nSPS) is 19.2. The summed E-state index contributed by atoms with van der Waals surface area (Å²) in [7, 11) is 0. The quantitative estimate of drug-likeness (QED) is 0.676. The van der Waals surface area contributed by atoms with Gasteiger partial charge in [0.1, 0.15) is 0 Å². The Bertz CT molecular complexity index is 403. The molecular weight excluding hydrogens is 202 g/mol. The van der Waals surface area contributed by atoms with E-state index in [0.717, 1.165) is 24.2 Å². The molecule has 4 heteroatoms. The van der Waals surface area contributed by atoms with Gasteiger partial charge in [-0.1, -0.05) is 0 Å². The third-order valence-electron chi connectivity index (χ3n) is 2.73. The average Bonchev–Trinajstić information content (AvgIpc) is 2.40. The second kappa shape index (κ2) is 4.53. The molecule has 4 nitrogen and oxygen atoms in total. The van der Waals surface area contributed by atoms with Crippen molar-refractivity contribution in [2.45, 2.75) is 32.7 Å². The van der Waals surface area contributed by atoms with E-state index in [1.807, 2.05) is 18.2 Å². The van der Waals surface area contributed by atoms with Gasteiger partial charge in [-0.15, -0.1) is 0 Å². The molecule has 1 unspecified atom stereocenters. The zero-order chi connectivity index (χ0) is 11.5. The molecule has 1 amide bonds. The van der Waals surface area contributed by atoms with Crippen molar-refractivity contribution in [1.82, 2.24) is 5.43 Å². The Morgan fingerprint density at radius 3 is 3.06 bits per heavy atom. The lowest BCUT2D eigenvalue weighted by molar-refractivity contribution is -0.114. The molecule has 0 saturated carbocycles. The number of carbonyl (C=O) groups excluding carboxylic acids is 1. The first-order valence-electron chi connectivity index (χ1n) is 5.57. The number of fused-ring (bicyclic) bond motifs is 1. The van der Waals surface area contributed by atoms with Crippen LogP contribution in [-0.2, 0) is 11.2 Å². The largest absolute Gasteiger partial charge is 0.326 e. The fourth-order valence-electron chi connectivity index (χ4n) is 1.85. The summed E-state index contributed by atoms with van der Waals surface area (Å²) in [6, 6.07) is 6.39. The van der Waals surface area contributed by atoms with Crippen molar-refractivity contribution in [1.29, 1.82) is 0 Å². The number of nitrogens with one attached hydrogen (secondary N) is 3. The van der Waals surface area contributed by atoms with Crippen LogP contribution in [0.5, 0.6) is 0 Å². The van der Waals surface area contributed by atoms with Crippen LogP contribution in [0.15, 0.2) is 18.2 Å². The predicted molar refractivity (Wildman–Crippen MR) is 65.3 cm³/mol. The first-order valence-corrected chi connectivity index (χ1v) is 5.57. The highest BCUT2D eigenvalue weighted by molar-refractivity contribution is 5.89. The standard InChI is InChI=1S/C12H17N3O/c1-8-3-4-10-7-11(13-9(2)16)5-6-12(10)15-14-8/h5-8,14-15H,3-4H2,1-2H3,(H,13,16). The summed E-state index contributed by atoms with van der Waals surface area (Å²) in [6.45, 7) is 3.67. The van der Waals surface area contributed by atoms with Gasteiger partial charge in [-0.05, 0) is 43.5 Å². The number of anilines is 2. The molecule has 0 spiro atoms. The van der Waals surface area contributed by atoms with Gasteiger partial charge < -0.3 is 10.7 Å². The molecule has 1 aliphatic heterocycles. The van der Waals surface area contributed by atoms with E-state index >= 15 is 0 Å². The van der Waals surface area contributed by atoms with Crippen LogP contribution in [0.4, 0.5) is 11.4 Å². The van der Waals surface area contributed by atoms with Crippen molar-refractivity contribution < 1.29 is 4.79 Å². The van der Waals surface area contributed by atoms with Crippen LogP contribution in [0.2, 0.25) is 0 Å². The molecule has 1 aliphatic rings. The van der Waals surface area contributed by atoms with Crippen LogP contribution in [0.25, 0.3) is 0 Å². The zero-order valence-electron chi connectivity index (χ0n) is 9.63. The van der Waals surface area contributed by atoms with Crippen LogP contribution in [0.3, 0.4) is 0 Å². The van der Waals surface area contributed by atoms with E-state index in [9.17, 15) is 4.79 Å². The summed E-state index contributed by atoms with van der Waals surface area (Å²) in [5.74, 6) is -0.0342. The Balaban J connectivity index is 2.21. The number of hydrazine groups is 1. The van der Waals surface area contributed by atoms with E-state index in [1.54, 1.807) is 0 Å². The van der Waals surface area contributed by atoms with Crippen LogP contribution < -0.4 is 16.2 Å². The molecule has 1 aromatic rings. The minimum Gasteiger partial charge on any atom is -0.326 e. The second-order valence-electron chi connectivity index (χ2n) is 4.26. The second-order valence-corrected chi connectivity index (χ2v) is 4.26. The van der Waals surface area contributed by atoms with E-state index in [-0.39, 0.29) is 5.91 Å².